The van der Waals surface area contributed by atoms with Gasteiger partial charge in [0.2, 0.25) is 0 Å². The molecular formula is C12H11BrO4. The van der Waals surface area contributed by atoms with E-state index in [0.717, 1.165) is 11.7 Å². The van der Waals surface area contributed by atoms with E-state index in [4.69, 9.17) is 13.9 Å². The largest absolute Gasteiger partial charge is 0.496 e. The van der Waals surface area contributed by atoms with E-state index < -0.39 is 4.83 Å². The van der Waals surface area contributed by atoms with Crippen LogP contribution in [0.5, 0.6) is 11.5 Å². The molecule has 1 unspecified atom stereocenters. The van der Waals surface area contributed by atoms with E-state index in [0.29, 0.717) is 22.8 Å². The van der Waals surface area contributed by atoms with Gasteiger partial charge in [-0.05, 0) is 6.07 Å². The molecular weight excluding hydrogens is 288 g/mol. The van der Waals surface area contributed by atoms with Crippen LogP contribution in [0.3, 0.4) is 0 Å². The van der Waals surface area contributed by atoms with Crippen molar-refractivity contribution in [2.45, 2.75) is 4.83 Å². The zero-order valence-corrected chi connectivity index (χ0v) is 11.0. The number of benzene rings is 1. The van der Waals surface area contributed by atoms with Crippen LogP contribution in [-0.2, 0) is 4.79 Å². The zero-order valence-electron chi connectivity index (χ0n) is 9.40. The van der Waals surface area contributed by atoms with Crippen LogP contribution >= 0.6 is 15.9 Å². The molecule has 0 aliphatic rings. The highest BCUT2D eigenvalue weighted by Gasteiger charge is 2.15. The molecule has 90 valence electrons. The van der Waals surface area contributed by atoms with Gasteiger partial charge in [-0.3, -0.25) is 0 Å². The Balaban J connectivity index is 2.62. The maximum atomic E-state index is 10.7. The minimum Gasteiger partial charge on any atom is -0.496 e. The highest BCUT2D eigenvalue weighted by molar-refractivity contribution is 9.09. The first-order valence-electron chi connectivity index (χ1n) is 4.94. The number of hydrogen-bond donors (Lipinski definition) is 0. The van der Waals surface area contributed by atoms with Crippen LogP contribution in [0.2, 0.25) is 0 Å². The van der Waals surface area contributed by atoms with Crippen molar-refractivity contribution in [3.8, 4) is 11.5 Å². The normalized spacial score (nSPS) is 12.4. The molecule has 0 spiro atoms. The minimum absolute atomic E-state index is 0.453. The summed E-state index contributed by atoms with van der Waals surface area (Å²) < 4.78 is 16.0. The van der Waals surface area contributed by atoms with Crippen molar-refractivity contribution >= 4 is 33.2 Å². The number of carbonyl (C=O) groups excluding carboxylic acids is 1. The maximum Gasteiger partial charge on any atom is 0.141 e. The number of rotatable bonds is 4. The lowest BCUT2D eigenvalue weighted by Crippen LogP contribution is -1.87. The quantitative estimate of drug-likeness (QED) is 0.643. The molecule has 4 nitrogen and oxygen atoms in total. The fourth-order valence-corrected chi connectivity index (χ4v) is 1.82. The van der Waals surface area contributed by atoms with Gasteiger partial charge in [-0.15, -0.1) is 0 Å². The lowest BCUT2D eigenvalue weighted by molar-refractivity contribution is -0.107. The van der Waals surface area contributed by atoms with Gasteiger partial charge < -0.3 is 18.7 Å². The number of halogens is 1. The van der Waals surface area contributed by atoms with Crippen molar-refractivity contribution in [2.24, 2.45) is 0 Å². The van der Waals surface area contributed by atoms with Gasteiger partial charge in [0.25, 0.3) is 0 Å². The molecule has 0 fully saturated rings. The maximum absolute atomic E-state index is 10.7. The molecule has 0 bridgehead atoms. The molecule has 0 aliphatic carbocycles. The Hall–Kier alpha value is -1.49. The van der Waals surface area contributed by atoms with E-state index in [1.54, 1.807) is 32.4 Å². The number of carbonyl (C=O) groups is 1. The first kappa shape index (κ1) is 12.0. The van der Waals surface area contributed by atoms with E-state index in [-0.39, 0.29) is 0 Å². The summed E-state index contributed by atoms with van der Waals surface area (Å²) in [5.74, 6) is 1.84. The summed E-state index contributed by atoms with van der Waals surface area (Å²) in [4.78, 5) is 10.2. The first-order valence-corrected chi connectivity index (χ1v) is 5.86. The molecule has 0 amide bonds. The Morgan fingerprint density at radius 1 is 1.29 bits per heavy atom. The predicted molar refractivity (Wildman–Crippen MR) is 67.1 cm³/mol. The van der Waals surface area contributed by atoms with Crippen LogP contribution < -0.4 is 9.47 Å². The highest BCUT2D eigenvalue weighted by atomic mass is 79.9. The second-order valence-electron chi connectivity index (χ2n) is 3.43. The third kappa shape index (κ3) is 2.15. The molecule has 17 heavy (non-hydrogen) atoms. The zero-order chi connectivity index (χ0) is 12.4. The summed E-state index contributed by atoms with van der Waals surface area (Å²) in [5.41, 5.74) is 0.627. The number of methoxy groups -OCH3 is 2. The minimum atomic E-state index is -0.453. The predicted octanol–water partition coefficient (Wildman–Crippen LogP) is 3.08. The molecule has 1 aromatic carbocycles. The summed E-state index contributed by atoms with van der Waals surface area (Å²) in [6, 6.07) is 5.30. The number of fused-ring (bicyclic) bond motifs is 1. The summed E-state index contributed by atoms with van der Waals surface area (Å²) >= 11 is 3.21. The number of hydrogen-bond acceptors (Lipinski definition) is 4. The van der Waals surface area contributed by atoms with Gasteiger partial charge in [0.1, 0.15) is 34.0 Å². The van der Waals surface area contributed by atoms with Gasteiger partial charge in [0.05, 0.1) is 19.6 Å². The number of furan rings is 1. The Labute approximate surface area is 107 Å². The van der Waals surface area contributed by atoms with Crippen LogP contribution in [0.4, 0.5) is 0 Å². The monoisotopic (exact) mass is 298 g/mol. The molecule has 1 atom stereocenters. The molecule has 0 saturated heterocycles. The summed E-state index contributed by atoms with van der Waals surface area (Å²) in [7, 11) is 3.15. The Kier molecular flexibility index (Phi) is 3.38. The van der Waals surface area contributed by atoms with Crippen molar-refractivity contribution < 1.29 is 18.7 Å². The molecule has 1 aromatic heterocycles. The standard InChI is InChI=1S/C12H11BrO4/c1-15-7-3-10(16-2)8-5-12(9(13)6-14)17-11(8)4-7/h3-6,9H,1-2H3. The SMILES string of the molecule is COc1cc(OC)c2cc(C(Br)C=O)oc2c1. The highest BCUT2D eigenvalue weighted by Crippen LogP contribution is 2.36. The molecule has 5 heteroatoms. The van der Waals surface area contributed by atoms with Crippen molar-refractivity contribution in [3.05, 3.63) is 24.0 Å². The molecule has 0 saturated carbocycles. The lowest BCUT2D eigenvalue weighted by Gasteiger charge is -2.04. The average molecular weight is 299 g/mol. The topological polar surface area (TPSA) is 48.7 Å². The molecule has 2 aromatic rings. The number of alkyl halides is 1. The van der Waals surface area contributed by atoms with E-state index in [1.165, 1.54) is 0 Å². The van der Waals surface area contributed by atoms with Gasteiger partial charge in [-0.2, -0.15) is 0 Å². The van der Waals surface area contributed by atoms with Crippen molar-refractivity contribution in [2.75, 3.05) is 14.2 Å². The van der Waals surface area contributed by atoms with E-state index in [2.05, 4.69) is 15.9 Å². The molecule has 0 radical (unpaired) electrons. The Morgan fingerprint density at radius 3 is 2.65 bits per heavy atom. The van der Waals surface area contributed by atoms with E-state index >= 15 is 0 Å². The van der Waals surface area contributed by atoms with Crippen LogP contribution in [0.1, 0.15) is 10.6 Å². The fourth-order valence-electron chi connectivity index (χ4n) is 1.59. The van der Waals surface area contributed by atoms with Crippen LogP contribution in [0.25, 0.3) is 11.0 Å². The van der Waals surface area contributed by atoms with E-state index in [9.17, 15) is 4.79 Å². The van der Waals surface area contributed by atoms with Crippen LogP contribution in [0.15, 0.2) is 22.6 Å². The molecule has 2 rings (SSSR count). The molecule has 0 aliphatic heterocycles. The molecule has 0 N–H and O–H groups in total. The van der Waals surface area contributed by atoms with E-state index in [1.807, 2.05) is 0 Å². The smallest absolute Gasteiger partial charge is 0.141 e. The summed E-state index contributed by atoms with van der Waals surface area (Å²) in [6.45, 7) is 0. The van der Waals surface area contributed by atoms with Crippen LogP contribution in [-0.4, -0.2) is 20.5 Å². The average Bonchev–Trinajstić information content (AvgIpc) is 2.80. The van der Waals surface area contributed by atoms with Crippen molar-refractivity contribution in [1.29, 1.82) is 0 Å². The van der Waals surface area contributed by atoms with Gasteiger partial charge >= 0.3 is 0 Å². The van der Waals surface area contributed by atoms with Crippen molar-refractivity contribution in [3.63, 3.8) is 0 Å². The van der Waals surface area contributed by atoms with Gasteiger partial charge in [-0.25, -0.2) is 0 Å². The Morgan fingerprint density at radius 2 is 2.06 bits per heavy atom. The summed E-state index contributed by atoms with van der Waals surface area (Å²) in [5, 5.41) is 0.814. The second kappa shape index (κ2) is 4.79. The van der Waals surface area contributed by atoms with Crippen molar-refractivity contribution in [1.82, 2.24) is 0 Å². The van der Waals surface area contributed by atoms with Crippen LogP contribution in [0, 0.1) is 0 Å². The lowest BCUT2D eigenvalue weighted by atomic mass is 10.2. The van der Waals surface area contributed by atoms with Gasteiger partial charge in [0.15, 0.2) is 0 Å². The second-order valence-corrected chi connectivity index (χ2v) is 4.41. The third-order valence-corrected chi connectivity index (χ3v) is 3.11. The summed E-state index contributed by atoms with van der Waals surface area (Å²) in [6.07, 6.45) is 0.765. The number of ether oxygens (including phenoxy) is 2. The van der Waals surface area contributed by atoms with Gasteiger partial charge in [-0.1, -0.05) is 15.9 Å². The number of aldehydes is 1. The first-order chi connectivity index (χ1) is 8.19. The fraction of sp³-hybridized carbons (Fsp3) is 0.250. The molecule has 1 heterocycles. The Bertz CT molecular complexity index is 547. The third-order valence-electron chi connectivity index (χ3n) is 2.44. The van der Waals surface area contributed by atoms with Gasteiger partial charge in [0, 0.05) is 12.1 Å².